The first-order chi connectivity index (χ1) is 13.7. The van der Waals surface area contributed by atoms with E-state index in [9.17, 15) is 0 Å². The predicted molar refractivity (Wildman–Crippen MR) is 129 cm³/mol. The van der Waals surface area contributed by atoms with Crippen molar-refractivity contribution in [3.63, 3.8) is 0 Å². The molecule has 2 aliphatic rings. The van der Waals surface area contributed by atoms with Crippen LogP contribution in [0.25, 0.3) is 0 Å². The molecule has 0 saturated carbocycles. The molecule has 1 N–H and O–H groups in total. The normalized spacial score (nSPS) is 23.7. The standard InChI is InChI=1S/C22H36N4O2.HI/c1-4-23-22(26-12-14-28-21(17-26)20-11-8-13-27-20)24-16-19(25(2)3)15-18-9-6-5-7-10-18;/h5-7,9-10,19-21H,4,8,11-17H2,1-3H3,(H,23,24);1H. The SMILES string of the molecule is CCNC(=NCC(Cc1ccccc1)N(C)C)N1CCOC(C2CCCO2)C1.I. The van der Waals surface area contributed by atoms with Gasteiger partial charge in [-0.25, -0.2) is 0 Å². The van der Waals surface area contributed by atoms with Crippen molar-refractivity contribution in [1.82, 2.24) is 15.1 Å². The summed E-state index contributed by atoms with van der Waals surface area (Å²) in [6.45, 7) is 7.08. The van der Waals surface area contributed by atoms with E-state index in [-0.39, 0.29) is 36.2 Å². The maximum Gasteiger partial charge on any atom is 0.194 e. The molecule has 29 heavy (non-hydrogen) atoms. The van der Waals surface area contributed by atoms with Gasteiger partial charge in [0.15, 0.2) is 5.96 Å². The van der Waals surface area contributed by atoms with E-state index in [0.717, 1.165) is 64.6 Å². The summed E-state index contributed by atoms with van der Waals surface area (Å²) in [5, 5.41) is 3.48. The first-order valence-corrected chi connectivity index (χ1v) is 10.6. The molecule has 2 heterocycles. The van der Waals surface area contributed by atoms with Crippen LogP contribution in [-0.4, -0.2) is 87.5 Å². The molecule has 1 aromatic rings. The largest absolute Gasteiger partial charge is 0.375 e. The predicted octanol–water partition coefficient (Wildman–Crippen LogP) is 2.62. The highest BCUT2D eigenvalue weighted by atomic mass is 127. The summed E-state index contributed by atoms with van der Waals surface area (Å²) in [5.41, 5.74) is 1.35. The van der Waals surface area contributed by atoms with Gasteiger partial charge in [-0.3, -0.25) is 4.99 Å². The molecule has 0 aliphatic carbocycles. The molecule has 6 nitrogen and oxygen atoms in total. The van der Waals surface area contributed by atoms with E-state index in [1.807, 2.05) is 0 Å². The molecule has 0 spiro atoms. The maximum absolute atomic E-state index is 6.01. The van der Waals surface area contributed by atoms with Gasteiger partial charge in [0.1, 0.15) is 6.10 Å². The van der Waals surface area contributed by atoms with E-state index in [1.165, 1.54) is 5.56 Å². The van der Waals surface area contributed by atoms with Crippen molar-refractivity contribution in [3.8, 4) is 0 Å². The van der Waals surface area contributed by atoms with Crippen molar-refractivity contribution in [2.45, 2.75) is 44.4 Å². The highest BCUT2D eigenvalue weighted by Crippen LogP contribution is 2.21. The fourth-order valence-electron chi connectivity index (χ4n) is 3.90. The molecular weight excluding hydrogens is 479 g/mol. The zero-order valence-electron chi connectivity index (χ0n) is 18.0. The molecule has 0 amide bonds. The van der Waals surface area contributed by atoms with E-state index >= 15 is 0 Å². The number of guanidine groups is 1. The lowest BCUT2D eigenvalue weighted by atomic mass is 10.1. The van der Waals surface area contributed by atoms with Crippen LogP contribution in [0, 0.1) is 0 Å². The Morgan fingerprint density at radius 3 is 2.62 bits per heavy atom. The van der Waals surface area contributed by atoms with Crippen LogP contribution in [0.1, 0.15) is 25.3 Å². The lowest BCUT2D eigenvalue weighted by molar-refractivity contribution is -0.0817. The number of morpholine rings is 1. The van der Waals surface area contributed by atoms with Gasteiger partial charge in [0.05, 0.1) is 19.3 Å². The maximum atomic E-state index is 6.01. The second-order valence-corrected chi connectivity index (χ2v) is 7.91. The van der Waals surface area contributed by atoms with Crippen LogP contribution in [0.15, 0.2) is 35.3 Å². The van der Waals surface area contributed by atoms with Gasteiger partial charge in [0.25, 0.3) is 0 Å². The molecule has 2 aliphatic heterocycles. The van der Waals surface area contributed by atoms with Gasteiger partial charge in [-0.05, 0) is 45.8 Å². The molecule has 0 radical (unpaired) electrons. The number of rotatable bonds is 7. The first kappa shape index (κ1) is 24.4. The quantitative estimate of drug-likeness (QED) is 0.343. The molecular formula is C22H37IN4O2. The Bertz CT molecular complexity index is 608. The zero-order valence-corrected chi connectivity index (χ0v) is 20.4. The van der Waals surface area contributed by atoms with Crippen LogP contribution in [0.4, 0.5) is 0 Å². The van der Waals surface area contributed by atoms with Gasteiger partial charge in [0.2, 0.25) is 0 Å². The summed E-state index contributed by atoms with van der Waals surface area (Å²) >= 11 is 0. The number of aliphatic imine (C=N–C) groups is 1. The van der Waals surface area contributed by atoms with Crippen LogP contribution >= 0.6 is 24.0 Å². The number of nitrogens with one attached hydrogen (secondary N) is 1. The van der Waals surface area contributed by atoms with E-state index in [0.29, 0.717) is 6.04 Å². The smallest absolute Gasteiger partial charge is 0.194 e. The van der Waals surface area contributed by atoms with E-state index in [2.05, 4.69) is 66.5 Å². The number of halogens is 1. The molecule has 0 bridgehead atoms. The van der Waals surface area contributed by atoms with Gasteiger partial charge in [-0.15, -0.1) is 24.0 Å². The van der Waals surface area contributed by atoms with Crippen LogP contribution in [-0.2, 0) is 15.9 Å². The van der Waals surface area contributed by atoms with Crippen LogP contribution in [0.2, 0.25) is 0 Å². The van der Waals surface area contributed by atoms with E-state index in [1.54, 1.807) is 0 Å². The summed E-state index contributed by atoms with van der Waals surface area (Å²) in [5.74, 6) is 0.994. The van der Waals surface area contributed by atoms with Crippen LogP contribution < -0.4 is 5.32 Å². The third kappa shape index (κ3) is 7.38. The second-order valence-electron chi connectivity index (χ2n) is 7.91. The third-order valence-corrected chi connectivity index (χ3v) is 5.60. The Labute approximate surface area is 193 Å². The molecule has 2 fully saturated rings. The van der Waals surface area contributed by atoms with Gasteiger partial charge >= 0.3 is 0 Å². The Hall–Kier alpha value is -0.900. The van der Waals surface area contributed by atoms with Gasteiger partial charge in [0, 0.05) is 32.3 Å². The summed E-state index contributed by atoms with van der Waals surface area (Å²) < 4.78 is 11.9. The van der Waals surface area contributed by atoms with E-state index in [4.69, 9.17) is 14.5 Å². The molecule has 7 heteroatoms. The number of benzene rings is 1. The number of hydrogen-bond acceptors (Lipinski definition) is 4. The Morgan fingerprint density at radius 1 is 1.21 bits per heavy atom. The fourth-order valence-corrected chi connectivity index (χ4v) is 3.90. The van der Waals surface area contributed by atoms with Gasteiger partial charge in [-0.1, -0.05) is 30.3 Å². The lowest BCUT2D eigenvalue weighted by Crippen LogP contribution is -2.53. The average molecular weight is 516 g/mol. The molecule has 0 aromatic heterocycles. The van der Waals surface area contributed by atoms with Crippen LogP contribution in [0.5, 0.6) is 0 Å². The molecule has 3 unspecified atom stereocenters. The summed E-state index contributed by atoms with van der Waals surface area (Å²) in [6, 6.07) is 11.0. The molecule has 164 valence electrons. The minimum absolute atomic E-state index is 0. The molecule has 3 atom stereocenters. The minimum atomic E-state index is 0. The monoisotopic (exact) mass is 516 g/mol. The number of nitrogens with zero attached hydrogens (tertiary/aromatic N) is 3. The molecule has 1 aromatic carbocycles. The Morgan fingerprint density at radius 2 is 1.97 bits per heavy atom. The number of likely N-dealkylation sites (N-methyl/N-ethyl adjacent to an activating group) is 1. The van der Waals surface area contributed by atoms with Crippen molar-refractivity contribution in [2.24, 2.45) is 4.99 Å². The van der Waals surface area contributed by atoms with Crippen molar-refractivity contribution in [2.75, 3.05) is 53.5 Å². The summed E-state index contributed by atoms with van der Waals surface area (Å²) in [6.07, 6.45) is 3.62. The number of ether oxygens (including phenoxy) is 2. The fraction of sp³-hybridized carbons (Fsp3) is 0.682. The summed E-state index contributed by atoms with van der Waals surface area (Å²) in [4.78, 5) is 9.62. The van der Waals surface area contributed by atoms with Gasteiger partial charge < -0.3 is 24.6 Å². The summed E-state index contributed by atoms with van der Waals surface area (Å²) in [7, 11) is 4.27. The highest BCUT2D eigenvalue weighted by Gasteiger charge is 2.32. The van der Waals surface area contributed by atoms with E-state index < -0.39 is 0 Å². The molecule has 3 rings (SSSR count). The van der Waals surface area contributed by atoms with Crippen molar-refractivity contribution in [1.29, 1.82) is 0 Å². The molecule has 2 saturated heterocycles. The topological polar surface area (TPSA) is 49.3 Å². The third-order valence-electron chi connectivity index (χ3n) is 5.60. The second kappa shape index (κ2) is 12.7. The van der Waals surface area contributed by atoms with Crippen molar-refractivity contribution >= 4 is 29.9 Å². The Kier molecular flexibility index (Phi) is 10.7. The minimum Gasteiger partial charge on any atom is -0.375 e. The zero-order chi connectivity index (χ0) is 19.8. The average Bonchev–Trinajstić information content (AvgIpc) is 3.26. The van der Waals surface area contributed by atoms with Crippen molar-refractivity contribution in [3.05, 3.63) is 35.9 Å². The first-order valence-electron chi connectivity index (χ1n) is 10.6. The van der Waals surface area contributed by atoms with Gasteiger partial charge in [-0.2, -0.15) is 0 Å². The Balaban J connectivity index is 0.00000300. The lowest BCUT2D eigenvalue weighted by Gasteiger charge is -2.37. The van der Waals surface area contributed by atoms with Crippen LogP contribution in [0.3, 0.4) is 0 Å². The number of hydrogen-bond donors (Lipinski definition) is 1. The highest BCUT2D eigenvalue weighted by molar-refractivity contribution is 14.0. The van der Waals surface area contributed by atoms with Crippen molar-refractivity contribution < 1.29 is 9.47 Å².